The van der Waals surface area contributed by atoms with Crippen molar-refractivity contribution in [3.8, 4) is 10.6 Å². The van der Waals surface area contributed by atoms with Gasteiger partial charge in [-0.1, -0.05) is 12.1 Å². The predicted octanol–water partition coefficient (Wildman–Crippen LogP) is 5.15. The summed E-state index contributed by atoms with van der Waals surface area (Å²) >= 11 is 1.35. The number of methoxy groups -OCH3 is 1. The summed E-state index contributed by atoms with van der Waals surface area (Å²) in [6, 6.07) is 12.8. The Balaban J connectivity index is 1.53. The molecule has 0 radical (unpaired) electrons. The molecule has 0 atom stereocenters. The van der Waals surface area contributed by atoms with Crippen LogP contribution in [-0.4, -0.2) is 29.9 Å². The number of nitrogens with zero attached hydrogens (tertiary/aromatic N) is 1. The Labute approximate surface area is 197 Å². The van der Waals surface area contributed by atoms with Crippen molar-refractivity contribution in [2.75, 3.05) is 17.7 Å². The Bertz CT molecular complexity index is 1340. The summed E-state index contributed by atoms with van der Waals surface area (Å²) in [5.41, 5.74) is 1.67. The van der Waals surface area contributed by atoms with Crippen molar-refractivity contribution in [3.63, 3.8) is 0 Å². The Morgan fingerprint density at radius 2 is 1.71 bits per heavy atom. The third-order valence-electron chi connectivity index (χ3n) is 4.94. The lowest BCUT2D eigenvalue weighted by Gasteiger charge is -2.06. The number of aryl methyl sites for hydroxylation is 1. The molecule has 0 spiro atoms. The summed E-state index contributed by atoms with van der Waals surface area (Å²) in [5.74, 6) is -1.59. The van der Waals surface area contributed by atoms with Gasteiger partial charge in [0.05, 0.1) is 22.9 Å². The highest BCUT2D eigenvalue weighted by molar-refractivity contribution is 7.21. The molecule has 0 saturated heterocycles. The summed E-state index contributed by atoms with van der Waals surface area (Å²) in [4.78, 5) is 41.8. The van der Waals surface area contributed by atoms with Gasteiger partial charge in [-0.3, -0.25) is 14.9 Å². The number of carbonyl (C=O) groups excluding carboxylic acids is 3. The first-order chi connectivity index (χ1) is 16.4. The Morgan fingerprint density at radius 1 is 1.03 bits per heavy atom. The van der Waals surface area contributed by atoms with Crippen LogP contribution in [0.4, 0.5) is 16.0 Å². The Hall–Kier alpha value is -4.05. The van der Waals surface area contributed by atoms with Gasteiger partial charge in [-0.05, 0) is 43.3 Å². The number of nitrogens with one attached hydrogen (secondary N) is 2. The zero-order valence-electron chi connectivity index (χ0n) is 18.3. The summed E-state index contributed by atoms with van der Waals surface area (Å²) in [7, 11) is 1.26. The number of thiazole rings is 1. The van der Waals surface area contributed by atoms with Crippen LogP contribution in [-0.2, 0) is 14.3 Å². The molecule has 0 aliphatic heterocycles. The second-order valence-electron chi connectivity index (χ2n) is 7.32. The number of esters is 1. The third-order valence-corrected chi connectivity index (χ3v) is 6.00. The zero-order chi connectivity index (χ0) is 24.2. The quantitative estimate of drug-likeness (QED) is 0.353. The second-order valence-corrected chi connectivity index (χ2v) is 8.35. The van der Waals surface area contributed by atoms with E-state index in [9.17, 15) is 18.8 Å². The highest BCUT2D eigenvalue weighted by Crippen LogP contribution is 2.40. The third kappa shape index (κ3) is 4.96. The predicted molar refractivity (Wildman–Crippen MR) is 126 cm³/mol. The average molecular weight is 482 g/mol. The SMILES string of the molecule is COC(=O)c1c(C)oc(NC(=O)CCC(=O)Nc2ccc(F)cc2)c1-c1nc2ccccc2s1. The molecule has 2 N–H and O–H groups in total. The van der Waals surface area contributed by atoms with Gasteiger partial charge in [0.15, 0.2) is 0 Å². The molecule has 0 bridgehead atoms. The minimum absolute atomic E-state index is 0.0564. The van der Waals surface area contributed by atoms with Crippen LogP contribution in [0.3, 0.4) is 0 Å². The van der Waals surface area contributed by atoms with Gasteiger partial charge < -0.3 is 14.5 Å². The highest BCUT2D eigenvalue weighted by Gasteiger charge is 2.28. The molecule has 4 rings (SSSR count). The van der Waals surface area contributed by atoms with Gasteiger partial charge in [0.2, 0.25) is 17.7 Å². The van der Waals surface area contributed by atoms with Gasteiger partial charge in [0.25, 0.3) is 0 Å². The fourth-order valence-electron chi connectivity index (χ4n) is 3.34. The van der Waals surface area contributed by atoms with Crippen LogP contribution in [0.15, 0.2) is 52.9 Å². The molecule has 2 amide bonds. The first-order valence-electron chi connectivity index (χ1n) is 10.3. The maximum Gasteiger partial charge on any atom is 0.342 e. The van der Waals surface area contributed by atoms with Gasteiger partial charge in [0.1, 0.15) is 22.1 Å². The molecule has 2 aromatic carbocycles. The van der Waals surface area contributed by atoms with E-state index in [1.54, 1.807) is 6.92 Å². The molecule has 0 saturated carbocycles. The van der Waals surface area contributed by atoms with Crippen molar-refractivity contribution in [1.82, 2.24) is 4.98 Å². The lowest BCUT2D eigenvalue weighted by Crippen LogP contribution is -2.17. The largest absolute Gasteiger partial charge is 0.465 e. The number of halogens is 1. The Morgan fingerprint density at radius 3 is 2.38 bits per heavy atom. The van der Waals surface area contributed by atoms with Gasteiger partial charge in [-0.15, -0.1) is 11.3 Å². The maximum atomic E-state index is 13.0. The fraction of sp³-hybridized carbons (Fsp3) is 0.167. The van der Waals surface area contributed by atoms with Gasteiger partial charge >= 0.3 is 5.97 Å². The number of para-hydroxylation sites is 1. The number of anilines is 2. The fourth-order valence-corrected chi connectivity index (χ4v) is 4.35. The second kappa shape index (κ2) is 9.84. The van der Waals surface area contributed by atoms with Crippen LogP contribution in [0.1, 0.15) is 29.0 Å². The number of hydrogen-bond acceptors (Lipinski definition) is 7. The lowest BCUT2D eigenvalue weighted by atomic mass is 10.1. The molecule has 10 heteroatoms. The standard InChI is InChI=1S/C24H20FN3O5S/c1-13-20(24(31)32-2)21(23-27-16-5-3-4-6-17(16)34-23)22(33-13)28-19(30)12-11-18(29)26-15-9-7-14(25)8-10-15/h3-10H,11-12H2,1-2H3,(H,26,29)(H,28,30). The van der Waals surface area contributed by atoms with Gasteiger partial charge in [-0.2, -0.15) is 0 Å². The van der Waals surface area contributed by atoms with E-state index in [1.807, 2.05) is 24.3 Å². The number of ether oxygens (including phenoxy) is 1. The molecule has 0 aliphatic carbocycles. The molecule has 4 aromatic rings. The van der Waals surface area contributed by atoms with Crippen LogP contribution in [0, 0.1) is 12.7 Å². The minimum Gasteiger partial charge on any atom is -0.465 e. The van der Waals surface area contributed by atoms with E-state index in [4.69, 9.17) is 9.15 Å². The Kier molecular flexibility index (Phi) is 6.69. The smallest absolute Gasteiger partial charge is 0.342 e. The highest BCUT2D eigenvalue weighted by atomic mass is 32.1. The topological polar surface area (TPSA) is 111 Å². The first kappa shape index (κ1) is 23.1. The van der Waals surface area contributed by atoms with Crippen LogP contribution < -0.4 is 10.6 Å². The summed E-state index contributed by atoms with van der Waals surface area (Å²) in [6.45, 7) is 1.59. The number of furan rings is 1. The number of benzene rings is 2. The molecule has 0 fully saturated rings. The van der Waals surface area contributed by atoms with Crippen LogP contribution >= 0.6 is 11.3 Å². The van der Waals surface area contributed by atoms with Crippen molar-refractivity contribution in [1.29, 1.82) is 0 Å². The molecular weight excluding hydrogens is 461 g/mol. The van der Waals surface area contributed by atoms with E-state index in [2.05, 4.69) is 15.6 Å². The van der Waals surface area contributed by atoms with Crippen molar-refractivity contribution < 1.29 is 27.9 Å². The van der Waals surface area contributed by atoms with Crippen LogP contribution in [0.2, 0.25) is 0 Å². The average Bonchev–Trinajstić information content (AvgIpc) is 3.39. The number of aromatic nitrogens is 1. The molecule has 34 heavy (non-hydrogen) atoms. The number of fused-ring (bicyclic) bond motifs is 1. The zero-order valence-corrected chi connectivity index (χ0v) is 19.1. The van der Waals surface area contributed by atoms with E-state index >= 15 is 0 Å². The molecule has 2 heterocycles. The van der Waals surface area contributed by atoms with E-state index in [0.29, 0.717) is 16.3 Å². The van der Waals surface area contributed by atoms with E-state index in [0.717, 1.165) is 10.2 Å². The molecule has 2 aromatic heterocycles. The number of rotatable bonds is 7. The monoisotopic (exact) mass is 481 g/mol. The van der Waals surface area contributed by atoms with E-state index in [1.165, 1.54) is 42.7 Å². The van der Waals surface area contributed by atoms with Crippen LogP contribution in [0.25, 0.3) is 20.8 Å². The molecule has 174 valence electrons. The first-order valence-corrected chi connectivity index (χ1v) is 11.1. The maximum absolute atomic E-state index is 13.0. The summed E-state index contributed by atoms with van der Waals surface area (Å²) in [6.07, 6.45) is -0.247. The summed E-state index contributed by atoms with van der Waals surface area (Å²) < 4.78 is 24.5. The van der Waals surface area contributed by atoms with Crippen LogP contribution in [0.5, 0.6) is 0 Å². The lowest BCUT2D eigenvalue weighted by molar-refractivity contribution is -0.121. The normalized spacial score (nSPS) is 10.8. The molecule has 0 aliphatic rings. The molecular formula is C24H20FN3O5S. The molecule has 8 nitrogen and oxygen atoms in total. The minimum atomic E-state index is -0.616. The summed E-state index contributed by atoms with van der Waals surface area (Å²) in [5, 5.41) is 5.73. The van der Waals surface area contributed by atoms with Crippen molar-refractivity contribution in [2.24, 2.45) is 0 Å². The van der Waals surface area contributed by atoms with Crippen molar-refractivity contribution in [3.05, 3.63) is 65.7 Å². The van der Waals surface area contributed by atoms with E-state index < -0.39 is 23.6 Å². The number of hydrogen-bond donors (Lipinski definition) is 2. The van der Waals surface area contributed by atoms with Crippen molar-refractivity contribution >= 4 is 50.9 Å². The number of amides is 2. The van der Waals surface area contributed by atoms with Crippen molar-refractivity contribution in [2.45, 2.75) is 19.8 Å². The van der Waals surface area contributed by atoms with Gasteiger partial charge in [-0.25, -0.2) is 14.2 Å². The van der Waals surface area contributed by atoms with Gasteiger partial charge in [0, 0.05) is 18.5 Å². The molecule has 0 unspecified atom stereocenters. The number of carbonyl (C=O) groups is 3. The van der Waals surface area contributed by atoms with E-state index in [-0.39, 0.29) is 30.0 Å².